The second-order valence-corrected chi connectivity index (χ2v) is 8.17. The van der Waals surface area contributed by atoms with Crippen molar-refractivity contribution in [1.29, 1.82) is 5.26 Å². The summed E-state index contributed by atoms with van der Waals surface area (Å²) in [7, 11) is -4.09. The van der Waals surface area contributed by atoms with Gasteiger partial charge in [-0.25, -0.2) is 4.98 Å². The highest BCUT2D eigenvalue weighted by Crippen LogP contribution is 2.28. The lowest BCUT2D eigenvalue weighted by Crippen LogP contribution is -2.10. The molecule has 1 aromatic heterocycles. The van der Waals surface area contributed by atoms with Gasteiger partial charge in [0, 0.05) is 10.6 Å². The summed E-state index contributed by atoms with van der Waals surface area (Å²) in [5.74, 6) is 0.199. The van der Waals surface area contributed by atoms with Crippen LogP contribution in [0.5, 0.6) is 5.75 Å². The van der Waals surface area contributed by atoms with Gasteiger partial charge < -0.3 is 8.60 Å². The smallest absolute Gasteiger partial charge is 0.339 e. The van der Waals surface area contributed by atoms with Crippen LogP contribution in [0, 0.1) is 11.3 Å². The summed E-state index contributed by atoms with van der Waals surface area (Å²) in [6.45, 7) is 0. The highest BCUT2D eigenvalue weighted by atomic mass is 35.5. The molecule has 0 saturated heterocycles. The summed E-state index contributed by atoms with van der Waals surface area (Å²) in [5.41, 5.74) is 1.67. The molecule has 3 aromatic carbocycles. The number of nitrogens with zero attached hydrogens (tertiary/aromatic N) is 2. The van der Waals surface area contributed by atoms with Crippen LogP contribution in [0.3, 0.4) is 0 Å². The number of hydrogen-bond donors (Lipinski definition) is 0. The van der Waals surface area contributed by atoms with Gasteiger partial charge in [0.2, 0.25) is 5.89 Å². The summed E-state index contributed by atoms with van der Waals surface area (Å²) in [4.78, 5) is 4.27. The minimum absolute atomic E-state index is 0.0369. The first-order valence-electron chi connectivity index (χ1n) is 8.73. The SMILES string of the molecule is N#C/C(=C\c1ccccc1OS(=O)(=O)c1ccc(Cl)cc1)c1nc2ccccc2o1. The Morgan fingerprint density at radius 3 is 2.47 bits per heavy atom. The van der Waals surface area contributed by atoms with Gasteiger partial charge in [0.15, 0.2) is 5.58 Å². The van der Waals surface area contributed by atoms with E-state index < -0.39 is 10.1 Å². The summed E-state index contributed by atoms with van der Waals surface area (Å²) in [5, 5.41) is 10.0. The molecule has 0 spiro atoms. The molecule has 0 radical (unpaired) electrons. The molecule has 4 rings (SSSR count). The van der Waals surface area contributed by atoms with Gasteiger partial charge in [0.1, 0.15) is 27.8 Å². The zero-order valence-electron chi connectivity index (χ0n) is 15.3. The minimum atomic E-state index is -4.09. The molecular weight excluding hydrogens is 424 g/mol. The third-order valence-electron chi connectivity index (χ3n) is 4.17. The van der Waals surface area contributed by atoms with Gasteiger partial charge >= 0.3 is 10.1 Å². The molecule has 0 saturated carbocycles. The Balaban J connectivity index is 1.72. The van der Waals surface area contributed by atoms with E-state index >= 15 is 0 Å². The van der Waals surface area contributed by atoms with E-state index in [0.717, 1.165) is 0 Å². The number of aromatic nitrogens is 1. The minimum Gasteiger partial charge on any atom is -0.435 e. The van der Waals surface area contributed by atoms with Crippen LogP contribution in [-0.2, 0) is 10.1 Å². The zero-order valence-corrected chi connectivity index (χ0v) is 16.9. The molecule has 30 heavy (non-hydrogen) atoms. The van der Waals surface area contributed by atoms with Crippen molar-refractivity contribution in [3.05, 3.63) is 89.3 Å². The maximum Gasteiger partial charge on any atom is 0.339 e. The van der Waals surface area contributed by atoms with E-state index in [1.54, 1.807) is 36.4 Å². The molecule has 148 valence electrons. The van der Waals surface area contributed by atoms with Crippen molar-refractivity contribution in [3.8, 4) is 11.8 Å². The van der Waals surface area contributed by atoms with Crippen LogP contribution < -0.4 is 4.18 Å². The number of benzene rings is 3. The lowest BCUT2D eigenvalue weighted by atomic mass is 10.1. The van der Waals surface area contributed by atoms with E-state index in [0.29, 0.717) is 21.7 Å². The third kappa shape index (κ3) is 4.06. The monoisotopic (exact) mass is 436 g/mol. The largest absolute Gasteiger partial charge is 0.435 e. The molecule has 0 N–H and O–H groups in total. The van der Waals surface area contributed by atoms with Crippen molar-refractivity contribution in [3.63, 3.8) is 0 Å². The van der Waals surface area contributed by atoms with Crippen molar-refractivity contribution in [1.82, 2.24) is 4.98 Å². The fourth-order valence-corrected chi connectivity index (χ4v) is 3.81. The lowest BCUT2D eigenvalue weighted by molar-refractivity contribution is 0.485. The van der Waals surface area contributed by atoms with Crippen molar-refractivity contribution in [2.24, 2.45) is 0 Å². The molecule has 0 fully saturated rings. The Labute approximate surface area is 177 Å². The average molecular weight is 437 g/mol. The van der Waals surface area contributed by atoms with E-state index in [4.69, 9.17) is 20.2 Å². The normalized spacial score (nSPS) is 11.9. The van der Waals surface area contributed by atoms with Crippen LogP contribution in [0.1, 0.15) is 11.5 Å². The van der Waals surface area contributed by atoms with Gasteiger partial charge in [-0.3, -0.25) is 0 Å². The number of allylic oxidation sites excluding steroid dienone is 1. The molecule has 0 unspecified atom stereocenters. The van der Waals surface area contributed by atoms with E-state index in [-0.39, 0.29) is 22.1 Å². The molecule has 8 heteroatoms. The fraction of sp³-hybridized carbons (Fsp3) is 0. The Bertz CT molecular complexity index is 1370. The number of nitriles is 1. The van der Waals surface area contributed by atoms with Crippen LogP contribution in [-0.4, -0.2) is 13.4 Å². The Hall–Kier alpha value is -3.60. The van der Waals surface area contributed by atoms with Crippen molar-refractivity contribution < 1.29 is 17.0 Å². The zero-order chi connectivity index (χ0) is 21.1. The van der Waals surface area contributed by atoms with E-state index in [2.05, 4.69) is 4.98 Å². The average Bonchev–Trinajstić information content (AvgIpc) is 3.17. The van der Waals surface area contributed by atoms with Gasteiger partial charge in [-0.1, -0.05) is 41.9 Å². The molecule has 0 bridgehead atoms. The van der Waals surface area contributed by atoms with E-state index in [1.165, 1.54) is 36.4 Å². The van der Waals surface area contributed by atoms with Crippen LogP contribution in [0.15, 0.2) is 82.1 Å². The predicted octanol–water partition coefficient (Wildman–Crippen LogP) is 5.31. The van der Waals surface area contributed by atoms with Crippen molar-refractivity contribution in [2.75, 3.05) is 0 Å². The fourth-order valence-electron chi connectivity index (χ4n) is 2.73. The standard InChI is InChI=1S/C22H13ClN2O4S/c23-17-9-11-18(12-10-17)30(26,27)29-20-7-3-1-5-15(20)13-16(14-24)22-25-19-6-2-4-8-21(19)28-22/h1-13H/b16-13+. The van der Waals surface area contributed by atoms with Crippen molar-refractivity contribution >= 4 is 44.5 Å². The molecule has 6 nitrogen and oxygen atoms in total. The topological polar surface area (TPSA) is 93.2 Å². The molecule has 1 heterocycles. The molecule has 0 amide bonds. The molecule has 0 aliphatic rings. The van der Waals surface area contributed by atoms with Crippen LogP contribution in [0.2, 0.25) is 5.02 Å². The van der Waals surface area contributed by atoms with Gasteiger partial charge in [-0.2, -0.15) is 13.7 Å². The predicted molar refractivity (Wildman–Crippen MR) is 113 cm³/mol. The Morgan fingerprint density at radius 1 is 1.03 bits per heavy atom. The number of fused-ring (bicyclic) bond motifs is 1. The van der Waals surface area contributed by atoms with Gasteiger partial charge in [-0.05, 0) is 48.5 Å². The second-order valence-electron chi connectivity index (χ2n) is 6.19. The highest BCUT2D eigenvalue weighted by Gasteiger charge is 2.19. The first kappa shape index (κ1) is 19.7. The summed E-state index contributed by atoms with van der Waals surface area (Å²) < 4.78 is 36.2. The number of hydrogen-bond acceptors (Lipinski definition) is 6. The number of rotatable bonds is 5. The van der Waals surface area contributed by atoms with Crippen molar-refractivity contribution in [2.45, 2.75) is 4.90 Å². The highest BCUT2D eigenvalue weighted by molar-refractivity contribution is 7.87. The molecule has 0 atom stereocenters. The molecule has 0 aliphatic heterocycles. The number of halogens is 1. The maximum atomic E-state index is 12.6. The first-order valence-corrected chi connectivity index (χ1v) is 10.5. The van der Waals surface area contributed by atoms with Gasteiger partial charge in [0.05, 0.1) is 0 Å². The quantitative estimate of drug-likeness (QED) is 0.310. The van der Waals surface area contributed by atoms with Gasteiger partial charge in [-0.15, -0.1) is 0 Å². The summed E-state index contributed by atoms with van der Waals surface area (Å²) >= 11 is 5.82. The summed E-state index contributed by atoms with van der Waals surface area (Å²) in [6, 6.07) is 21.3. The number of oxazole rings is 1. The molecular formula is C22H13ClN2O4S. The lowest BCUT2D eigenvalue weighted by Gasteiger charge is -2.09. The van der Waals surface area contributed by atoms with E-state index in [9.17, 15) is 13.7 Å². The van der Waals surface area contributed by atoms with Gasteiger partial charge in [0.25, 0.3) is 0 Å². The maximum absolute atomic E-state index is 12.6. The van der Waals surface area contributed by atoms with Crippen LogP contribution >= 0.6 is 11.6 Å². The second kappa shape index (κ2) is 8.03. The summed E-state index contributed by atoms with van der Waals surface area (Å²) in [6.07, 6.45) is 1.47. The third-order valence-corrected chi connectivity index (χ3v) is 5.67. The first-order chi connectivity index (χ1) is 14.5. The number of para-hydroxylation sites is 3. The Morgan fingerprint density at radius 2 is 1.73 bits per heavy atom. The van der Waals surface area contributed by atoms with E-state index in [1.807, 2.05) is 12.1 Å². The van der Waals surface area contributed by atoms with Crippen LogP contribution in [0.25, 0.3) is 22.7 Å². The Kier molecular flexibility index (Phi) is 5.27. The molecule has 0 aliphatic carbocycles. The molecule has 4 aromatic rings. The van der Waals surface area contributed by atoms with Crippen LogP contribution in [0.4, 0.5) is 0 Å².